The van der Waals surface area contributed by atoms with Crippen LogP contribution in [0.1, 0.15) is 11.4 Å². The molecule has 0 atom stereocenters. The van der Waals surface area contributed by atoms with Crippen LogP contribution in [0.3, 0.4) is 0 Å². The Kier molecular flexibility index (Phi) is 3.29. The van der Waals surface area contributed by atoms with E-state index in [1.807, 2.05) is 0 Å². The van der Waals surface area contributed by atoms with E-state index in [0.29, 0.717) is 17.1 Å². The van der Waals surface area contributed by atoms with Gasteiger partial charge in [0.1, 0.15) is 10.8 Å². The maximum atomic E-state index is 13.6. The molecule has 0 unspecified atom stereocenters. The number of nitrogens with zero attached hydrogens (tertiary/aromatic N) is 2. The number of nitrogens with one attached hydrogen (secondary N) is 1. The van der Waals surface area contributed by atoms with Crippen LogP contribution in [0.5, 0.6) is 0 Å². The highest BCUT2D eigenvalue weighted by Crippen LogP contribution is 2.16. The van der Waals surface area contributed by atoms with E-state index >= 15 is 0 Å². The molecule has 5 nitrogen and oxygen atoms in total. The Morgan fingerprint density at radius 1 is 1.53 bits per heavy atom. The van der Waals surface area contributed by atoms with Crippen LogP contribution in [0, 0.1) is 5.82 Å². The van der Waals surface area contributed by atoms with Crippen molar-refractivity contribution in [2.75, 3.05) is 5.32 Å². The summed E-state index contributed by atoms with van der Waals surface area (Å²) in [4.78, 5) is 3.96. The fraction of sp³-hybridized carbons (Fsp3) is 0.100. The zero-order valence-corrected chi connectivity index (χ0v) is 9.50. The molecule has 0 fully saturated rings. The molecule has 0 aliphatic heterocycles. The van der Waals surface area contributed by atoms with Gasteiger partial charge >= 0.3 is 0 Å². The quantitative estimate of drug-likeness (QED) is 0.802. The summed E-state index contributed by atoms with van der Waals surface area (Å²) in [5, 5.41) is 6.43. The zero-order chi connectivity index (χ0) is 12.3. The summed E-state index contributed by atoms with van der Waals surface area (Å²) in [6.45, 7) is 0.278. The first-order chi connectivity index (χ1) is 8.16. The normalized spacial score (nSPS) is 10.2. The third-order valence-electron chi connectivity index (χ3n) is 2.10. The van der Waals surface area contributed by atoms with E-state index in [-0.39, 0.29) is 11.5 Å². The zero-order valence-electron chi connectivity index (χ0n) is 8.68. The molecule has 0 radical (unpaired) electrons. The summed E-state index contributed by atoms with van der Waals surface area (Å²) in [7, 11) is 0. The number of hydrogen-bond acceptors (Lipinski definition) is 5. The molecule has 0 spiro atoms. The molecular weight excluding hydrogens is 243 g/mol. The van der Waals surface area contributed by atoms with E-state index in [4.69, 9.17) is 18.0 Å². The van der Waals surface area contributed by atoms with Gasteiger partial charge in [0.2, 0.25) is 6.39 Å². The van der Waals surface area contributed by atoms with Gasteiger partial charge in [-0.1, -0.05) is 17.4 Å². The third-order valence-corrected chi connectivity index (χ3v) is 2.33. The molecule has 3 N–H and O–H groups in total. The summed E-state index contributed by atoms with van der Waals surface area (Å²) >= 11 is 4.75. The van der Waals surface area contributed by atoms with Gasteiger partial charge in [0.05, 0.1) is 12.2 Å². The summed E-state index contributed by atoms with van der Waals surface area (Å²) < 4.78 is 18.2. The fourth-order valence-electron chi connectivity index (χ4n) is 1.26. The number of hydrogen-bond donors (Lipinski definition) is 2. The van der Waals surface area contributed by atoms with E-state index in [2.05, 4.69) is 20.0 Å². The number of anilines is 1. The maximum Gasteiger partial charge on any atom is 0.213 e. The lowest BCUT2D eigenvalue weighted by molar-refractivity contribution is 0.411. The van der Waals surface area contributed by atoms with Gasteiger partial charge in [0, 0.05) is 5.56 Å². The molecule has 0 aliphatic rings. The highest BCUT2D eigenvalue weighted by atomic mass is 32.1. The van der Waals surface area contributed by atoms with Crippen molar-refractivity contribution in [1.29, 1.82) is 0 Å². The van der Waals surface area contributed by atoms with E-state index in [1.165, 1.54) is 12.5 Å². The molecule has 17 heavy (non-hydrogen) atoms. The minimum Gasteiger partial charge on any atom is -0.389 e. The largest absolute Gasteiger partial charge is 0.389 e. The molecule has 0 aliphatic carbocycles. The van der Waals surface area contributed by atoms with E-state index in [0.717, 1.165) is 0 Å². The van der Waals surface area contributed by atoms with E-state index in [9.17, 15) is 4.39 Å². The summed E-state index contributed by atoms with van der Waals surface area (Å²) in [5.74, 6) is 0.0154. The van der Waals surface area contributed by atoms with Crippen molar-refractivity contribution in [1.82, 2.24) is 10.1 Å². The number of nitrogens with two attached hydrogens (primary N) is 1. The predicted molar refractivity (Wildman–Crippen MR) is 63.9 cm³/mol. The molecule has 2 aromatic rings. The number of thiocarbonyl (C=S) groups is 1. The molecule has 0 saturated heterocycles. The predicted octanol–water partition coefficient (Wildman–Crippen LogP) is 1.45. The lowest BCUT2D eigenvalue weighted by Crippen LogP contribution is -2.10. The second-order valence-electron chi connectivity index (χ2n) is 3.26. The van der Waals surface area contributed by atoms with Gasteiger partial charge in [-0.3, -0.25) is 0 Å². The Labute approximate surface area is 102 Å². The van der Waals surface area contributed by atoms with E-state index in [1.54, 1.807) is 12.1 Å². The average Bonchev–Trinajstić information content (AvgIpc) is 2.80. The van der Waals surface area contributed by atoms with Crippen LogP contribution < -0.4 is 11.1 Å². The van der Waals surface area contributed by atoms with Gasteiger partial charge in [0.15, 0.2) is 5.82 Å². The minimum atomic E-state index is -0.432. The van der Waals surface area contributed by atoms with Gasteiger partial charge in [-0.2, -0.15) is 4.98 Å². The number of rotatable bonds is 4. The average molecular weight is 252 g/mol. The third kappa shape index (κ3) is 2.76. The number of aromatic nitrogens is 2. The van der Waals surface area contributed by atoms with Gasteiger partial charge in [-0.05, 0) is 18.2 Å². The highest BCUT2D eigenvalue weighted by molar-refractivity contribution is 7.80. The van der Waals surface area contributed by atoms with Gasteiger partial charge < -0.3 is 15.6 Å². The molecule has 2 rings (SSSR count). The highest BCUT2D eigenvalue weighted by Gasteiger charge is 2.06. The minimum absolute atomic E-state index is 0.161. The van der Waals surface area contributed by atoms with Crippen LogP contribution in [0.4, 0.5) is 10.1 Å². The number of halogens is 1. The van der Waals surface area contributed by atoms with Gasteiger partial charge in [0.25, 0.3) is 0 Å². The molecule has 88 valence electrons. The van der Waals surface area contributed by atoms with Crippen molar-refractivity contribution in [2.24, 2.45) is 5.73 Å². The summed E-state index contributed by atoms with van der Waals surface area (Å²) in [5.41, 5.74) is 6.21. The van der Waals surface area contributed by atoms with Crippen molar-refractivity contribution in [3.05, 3.63) is 41.8 Å². The monoisotopic (exact) mass is 252 g/mol. The van der Waals surface area contributed by atoms with Crippen molar-refractivity contribution in [3.8, 4) is 0 Å². The van der Waals surface area contributed by atoms with Crippen molar-refractivity contribution < 1.29 is 8.91 Å². The second kappa shape index (κ2) is 4.88. The second-order valence-corrected chi connectivity index (χ2v) is 3.70. The SMILES string of the molecule is NC(=S)c1ccc(NCc2ncon2)c(F)c1. The molecule has 7 heteroatoms. The first kappa shape index (κ1) is 11.5. The van der Waals surface area contributed by atoms with Crippen molar-refractivity contribution >= 4 is 22.9 Å². The van der Waals surface area contributed by atoms with Crippen LogP contribution in [0.2, 0.25) is 0 Å². The lowest BCUT2D eigenvalue weighted by atomic mass is 10.2. The Hall–Kier alpha value is -2.02. The molecule has 1 heterocycles. The lowest BCUT2D eigenvalue weighted by Gasteiger charge is -2.06. The molecule has 0 saturated carbocycles. The standard InChI is InChI=1S/C10H9FN4OS/c11-7-3-6(10(12)17)1-2-8(7)13-4-9-14-5-16-15-9/h1-3,5,13H,4H2,(H2,12,17). The van der Waals surface area contributed by atoms with Gasteiger partial charge in [-0.15, -0.1) is 0 Å². The maximum absolute atomic E-state index is 13.6. The molecule has 1 aromatic heterocycles. The first-order valence-electron chi connectivity index (χ1n) is 4.75. The molecule has 1 aromatic carbocycles. The van der Waals surface area contributed by atoms with Crippen molar-refractivity contribution in [2.45, 2.75) is 6.54 Å². The smallest absolute Gasteiger partial charge is 0.213 e. The Morgan fingerprint density at radius 3 is 2.94 bits per heavy atom. The molecule has 0 bridgehead atoms. The van der Waals surface area contributed by atoms with E-state index < -0.39 is 5.82 Å². The van der Waals surface area contributed by atoms with Crippen LogP contribution >= 0.6 is 12.2 Å². The Bertz CT molecular complexity index is 529. The Balaban J connectivity index is 2.09. The molecular formula is C10H9FN4OS. The fourth-order valence-corrected chi connectivity index (χ4v) is 1.38. The summed E-state index contributed by atoms with van der Waals surface area (Å²) in [6.07, 6.45) is 1.21. The first-order valence-corrected chi connectivity index (χ1v) is 5.16. The molecule has 0 amide bonds. The van der Waals surface area contributed by atoms with Crippen LogP contribution in [0.25, 0.3) is 0 Å². The summed E-state index contributed by atoms with van der Waals surface area (Å²) in [6, 6.07) is 4.48. The topological polar surface area (TPSA) is 77.0 Å². The van der Waals surface area contributed by atoms with Crippen LogP contribution in [-0.4, -0.2) is 15.1 Å². The van der Waals surface area contributed by atoms with Crippen molar-refractivity contribution in [3.63, 3.8) is 0 Å². The Morgan fingerprint density at radius 2 is 2.35 bits per heavy atom. The number of benzene rings is 1. The van der Waals surface area contributed by atoms with Crippen LogP contribution in [-0.2, 0) is 6.54 Å². The van der Waals surface area contributed by atoms with Crippen LogP contribution in [0.15, 0.2) is 29.1 Å². The van der Waals surface area contributed by atoms with Gasteiger partial charge in [-0.25, -0.2) is 4.39 Å².